The Labute approximate surface area is 170 Å². The summed E-state index contributed by atoms with van der Waals surface area (Å²) in [5, 5.41) is 4.65. The van der Waals surface area contributed by atoms with E-state index >= 15 is 0 Å². The van der Waals surface area contributed by atoms with Crippen LogP contribution in [0.25, 0.3) is 0 Å². The fraction of sp³-hybridized carbons (Fsp3) is 0.684. The lowest BCUT2D eigenvalue weighted by molar-refractivity contribution is -0.147. The first-order chi connectivity index (χ1) is 12.9. The predicted octanol–water partition coefficient (Wildman–Crippen LogP) is 3.39. The minimum absolute atomic E-state index is 0.0777. The van der Waals surface area contributed by atoms with Crippen LogP contribution < -0.4 is 5.32 Å². The second-order valence-corrected chi connectivity index (χ2v) is 8.78. The van der Waals surface area contributed by atoms with E-state index in [-0.39, 0.29) is 23.6 Å². The fourth-order valence-electron chi connectivity index (χ4n) is 2.63. The molecule has 2 amide bonds. The number of aromatic nitrogens is 1. The third-order valence-electron chi connectivity index (χ3n) is 3.97. The number of nitrogens with one attached hydrogen (secondary N) is 1. The van der Waals surface area contributed by atoms with E-state index in [2.05, 4.69) is 10.3 Å². The Kier molecular flexibility index (Phi) is 8.41. The summed E-state index contributed by atoms with van der Waals surface area (Å²) in [6.07, 6.45) is -0.774. The molecule has 0 aliphatic rings. The molecule has 0 bridgehead atoms. The van der Waals surface area contributed by atoms with Crippen molar-refractivity contribution in [3.05, 3.63) is 16.1 Å². The number of rotatable bonds is 7. The molecule has 0 fully saturated rings. The minimum atomic E-state index is -0.668. The Hall–Kier alpha value is -2.16. The maximum absolute atomic E-state index is 12.5. The molecule has 1 rings (SSSR count). The summed E-state index contributed by atoms with van der Waals surface area (Å²) in [5.41, 5.74) is -0.346. The van der Waals surface area contributed by atoms with Gasteiger partial charge in [-0.05, 0) is 26.7 Å². The zero-order valence-electron chi connectivity index (χ0n) is 17.9. The first-order valence-corrected chi connectivity index (χ1v) is 10.0. The van der Waals surface area contributed by atoms with Gasteiger partial charge in [-0.3, -0.25) is 9.59 Å². The van der Waals surface area contributed by atoms with Gasteiger partial charge in [0.25, 0.3) is 5.91 Å². The van der Waals surface area contributed by atoms with Crippen molar-refractivity contribution in [3.8, 4) is 0 Å². The Morgan fingerprint density at radius 3 is 2.36 bits per heavy atom. The Morgan fingerprint density at radius 1 is 1.29 bits per heavy atom. The van der Waals surface area contributed by atoms with E-state index < -0.39 is 23.8 Å². The third kappa shape index (κ3) is 7.10. The molecule has 1 aromatic heterocycles. The molecule has 0 aliphatic heterocycles. The van der Waals surface area contributed by atoms with Crippen LogP contribution in [0.3, 0.4) is 0 Å². The zero-order valence-corrected chi connectivity index (χ0v) is 18.7. The molecule has 0 spiro atoms. The second-order valence-electron chi connectivity index (χ2n) is 7.89. The monoisotopic (exact) mass is 413 g/mol. The van der Waals surface area contributed by atoms with E-state index in [0.717, 1.165) is 0 Å². The number of hydrogen-bond donors (Lipinski definition) is 1. The maximum Gasteiger partial charge on any atom is 0.410 e. The van der Waals surface area contributed by atoms with Crippen molar-refractivity contribution >= 4 is 29.3 Å². The van der Waals surface area contributed by atoms with Gasteiger partial charge < -0.3 is 19.7 Å². The van der Waals surface area contributed by atoms with Gasteiger partial charge in [0.1, 0.15) is 16.3 Å². The van der Waals surface area contributed by atoms with E-state index in [1.807, 2.05) is 13.8 Å². The third-order valence-corrected chi connectivity index (χ3v) is 4.91. The molecular weight excluding hydrogens is 382 g/mol. The molecule has 0 aliphatic carbocycles. The summed E-state index contributed by atoms with van der Waals surface area (Å²) in [7, 11) is 3.19. The topological polar surface area (TPSA) is 97.8 Å². The molecule has 1 N–H and O–H groups in total. The number of nitrogens with zero attached hydrogens (tertiary/aromatic N) is 2. The van der Waals surface area contributed by atoms with E-state index in [0.29, 0.717) is 11.4 Å². The fourth-order valence-corrected chi connectivity index (χ4v) is 3.47. The van der Waals surface area contributed by atoms with Gasteiger partial charge in [-0.25, -0.2) is 9.78 Å². The molecule has 8 nitrogen and oxygen atoms in total. The van der Waals surface area contributed by atoms with E-state index in [9.17, 15) is 14.4 Å². The summed E-state index contributed by atoms with van der Waals surface area (Å²) in [5.74, 6) is -0.687. The van der Waals surface area contributed by atoms with Crippen LogP contribution in [-0.4, -0.2) is 53.6 Å². The van der Waals surface area contributed by atoms with Crippen molar-refractivity contribution in [2.75, 3.05) is 14.1 Å². The van der Waals surface area contributed by atoms with Gasteiger partial charge in [0.15, 0.2) is 6.10 Å². The van der Waals surface area contributed by atoms with Gasteiger partial charge in [-0.15, -0.1) is 11.3 Å². The lowest BCUT2D eigenvalue weighted by atomic mass is 9.96. The van der Waals surface area contributed by atoms with E-state index in [4.69, 9.17) is 9.47 Å². The molecule has 2 atom stereocenters. The number of ether oxygens (including phenoxy) is 2. The highest BCUT2D eigenvalue weighted by Crippen LogP contribution is 2.30. The molecule has 0 saturated carbocycles. The van der Waals surface area contributed by atoms with Crippen molar-refractivity contribution in [2.24, 2.45) is 5.92 Å². The molecular formula is C19H31N3O5S. The average molecular weight is 414 g/mol. The number of carbonyl (C=O) groups excluding carboxylic acids is 3. The van der Waals surface area contributed by atoms with Gasteiger partial charge in [0.05, 0.1) is 0 Å². The van der Waals surface area contributed by atoms with Gasteiger partial charge in [0, 0.05) is 38.9 Å². The van der Waals surface area contributed by atoms with Crippen molar-refractivity contribution in [1.82, 2.24) is 15.2 Å². The average Bonchev–Trinajstić information content (AvgIpc) is 3.05. The van der Waals surface area contributed by atoms with Gasteiger partial charge in [0.2, 0.25) is 0 Å². The number of thiazole rings is 1. The lowest BCUT2D eigenvalue weighted by Gasteiger charge is -2.34. The lowest BCUT2D eigenvalue weighted by Crippen LogP contribution is -2.44. The van der Waals surface area contributed by atoms with Gasteiger partial charge >= 0.3 is 12.1 Å². The van der Waals surface area contributed by atoms with Crippen LogP contribution in [0.4, 0.5) is 4.79 Å². The Morgan fingerprint density at radius 2 is 1.89 bits per heavy atom. The SMILES string of the molecule is CNC(=O)c1csc([C@@H](C[C@H](C(C)C)N(C)C(=O)OC(C)(C)C)OC(C)=O)n1. The molecule has 0 radical (unpaired) electrons. The summed E-state index contributed by atoms with van der Waals surface area (Å²) < 4.78 is 10.9. The second kappa shape index (κ2) is 9.86. The molecule has 28 heavy (non-hydrogen) atoms. The largest absolute Gasteiger partial charge is 0.455 e. The van der Waals surface area contributed by atoms with Gasteiger partial charge in [-0.1, -0.05) is 13.8 Å². The summed E-state index contributed by atoms with van der Waals surface area (Å²) in [4.78, 5) is 41.8. The number of carbonyl (C=O) groups is 3. The molecule has 9 heteroatoms. The number of hydrogen-bond acceptors (Lipinski definition) is 7. The Balaban J connectivity index is 3.09. The summed E-state index contributed by atoms with van der Waals surface area (Å²) in [6, 6.07) is -0.258. The molecule has 0 aromatic carbocycles. The van der Waals surface area contributed by atoms with E-state index in [1.54, 1.807) is 33.2 Å². The standard InChI is InChI=1S/C19H31N3O5S/c1-11(2)14(22(8)18(25)27-19(4,5)6)9-15(26-12(3)23)17-21-13(10-28-17)16(24)20-7/h10-11,14-15H,9H2,1-8H3,(H,20,24)/t14-,15-/m1/s1. The minimum Gasteiger partial charge on any atom is -0.455 e. The molecule has 0 unspecified atom stereocenters. The highest BCUT2D eigenvalue weighted by molar-refractivity contribution is 7.09. The predicted molar refractivity (Wildman–Crippen MR) is 107 cm³/mol. The first kappa shape index (κ1) is 23.9. The number of amides is 2. The number of esters is 1. The summed E-state index contributed by atoms with van der Waals surface area (Å²) >= 11 is 1.24. The van der Waals surface area contributed by atoms with Crippen LogP contribution in [-0.2, 0) is 14.3 Å². The van der Waals surface area contributed by atoms with Crippen LogP contribution in [0.2, 0.25) is 0 Å². The maximum atomic E-state index is 12.5. The van der Waals surface area contributed by atoms with E-state index in [1.165, 1.54) is 30.2 Å². The van der Waals surface area contributed by atoms with Crippen LogP contribution in [0.15, 0.2) is 5.38 Å². The van der Waals surface area contributed by atoms with Crippen molar-refractivity contribution in [2.45, 2.75) is 65.7 Å². The molecule has 1 heterocycles. The molecule has 0 saturated heterocycles. The quantitative estimate of drug-likeness (QED) is 0.688. The van der Waals surface area contributed by atoms with Crippen molar-refractivity contribution in [1.29, 1.82) is 0 Å². The van der Waals surface area contributed by atoms with Crippen LogP contribution in [0.5, 0.6) is 0 Å². The summed E-state index contributed by atoms with van der Waals surface area (Å²) in [6.45, 7) is 10.7. The highest BCUT2D eigenvalue weighted by Gasteiger charge is 2.32. The van der Waals surface area contributed by atoms with Crippen LogP contribution in [0.1, 0.15) is 69.6 Å². The zero-order chi connectivity index (χ0) is 21.6. The molecule has 158 valence electrons. The van der Waals surface area contributed by atoms with Crippen molar-refractivity contribution in [3.63, 3.8) is 0 Å². The normalized spacial score (nSPS) is 13.6. The first-order valence-electron chi connectivity index (χ1n) is 9.16. The molecule has 1 aromatic rings. The van der Waals surface area contributed by atoms with Crippen LogP contribution in [0, 0.1) is 5.92 Å². The van der Waals surface area contributed by atoms with Crippen LogP contribution >= 0.6 is 11.3 Å². The smallest absolute Gasteiger partial charge is 0.410 e. The Bertz CT molecular complexity index is 696. The van der Waals surface area contributed by atoms with Gasteiger partial charge in [-0.2, -0.15) is 0 Å². The highest BCUT2D eigenvalue weighted by atomic mass is 32.1. The van der Waals surface area contributed by atoms with Crippen molar-refractivity contribution < 1.29 is 23.9 Å².